The molecular weight excluding hydrogens is 634 g/mol. The molecule has 8 nitrogen and oxygen atoms in total. The third kappa shape index (κ3) is 5.29. The molecule has 0 saturated heterocycles. The Kier molecular flexibility index (Phi) is 7.61. The van der Waals surface area contributed by atoms with Gasteiger partial charge in [0.2, 0.25) is 15.7 Å². The predicted molar refractivity (Wildman–Crippen MR) is 180 cm³/mol. The fraction of sp³-hybridized carbons (Fsp3) is 0.0270. The molecule has 0 spiro atoms. The van der Waals surface area contributed by atoms with Crippen molar-refractivity contribution >= 4 is 31.7 Å². The lowest BCUT2D eigenvalue weighted by Crippen LogP contribution is -2.16. The lowest BCUT2D eigenvalue weighted by molar-refractivity contribution is 0.107. The van der Waals surface area contributed by atoms with E-state index in [1.54, 1.807) is 49.4 Å². The van der Waals surface area contributed by atoms with E-state index in [9.17, 15) is 22.0 Å². The van der Waals surface area contributed by atoms with Crippen LogP contribution in [0.15, 0.2) is 126 Å². The zero-order valence-electron chi connectivity index (χ0n) is 25.3. The van der Waals surface area contributed by atoms with E-state index in [-0.39, 0.29) is 33.5 Å². The molecule has 0 aliphatic heterocycles. The second kappa shape index (κ2) is 11.9. The van der Waals surface area contributed by atoms with Crippen molar-refractivity contribution in [3.8, 4) is 39.4 Å². The fourth-order valence-electron chi connectivity index (χ4n) is 5.68. The van der Waals surface area contributed by atoms with Crippen LogP contribution in [-0.4, -0.2) is 28.3 Å². The van der Waals surface area contributed by atoms with Crippen LogP contribution in [0, 0.1) is 18.6 Å². The average Bonchev–Trinajstić information content (AvgIpc) is 3.70. The van der Waals surface area contributed by atoms with Gasteiger partial charge in [-0.1, -0.05) is 66.7 Å². The third-order valence-electron chi connectivity index (χ3n) is 8.03. The summed E-state index contributed by atoms with van der Waals surface area (Å²) in [5.41, 5.74) is 10.6. The van der Waals surface area contributed by atoms with Gasteiger partial charge in [0, 0.05) is 22.0 Å². The van der Waals surface area contributed by atoms with Crippen LogP contribution in [-0.2, 0) is 9.84 Å². The van der Waals surface area contributed by atoms with Gasteiger partial charge in [-0.05, 0) is 72.1 Å². The van der Waals surface area contributed by atoms with Crippen molar-refractivity contribution in [2.75, 3.05) is 5.73 Å². The minimum absolute atomic E-state index is 0.0668. The maximum absolute atomic E-state index is 14.1. The van der Waals surface area contributed by atoms with Gasteiger partial charge >= 0.3 is 0 Å². The number of aromatic amines is 1. The van der Waals surface area contributed by atoms with Gasteiger partial charge in [0.05, 0.1) is 22.5 Å². The summed E-state index contributed by atoms with van der Waals surface area (Å²) in [6, 6.07) is 31.3. The van der Waals surface area contributed by atoms with Crippen molar-refractivity contribution < 1.29 is 26.7 Å². The number of H-pyrrole nitrogens is 1. The first-order chi connectivity index (χ1) is 23.1. The van der Waals surface area contributed by atoms with Gasteiger partial charge < -0.3 is 15.5 Å². The minimum atomic E-state index is -4.55. The predicted octanol–water partition coefficient (Wildman–Crippen LogP) is 8.26. The molecule has 7 rings (SSSR count). The Morgan fingerprint density at radius 3 is 2.35 bits per heavy atom. The fourth-order valence-corrected chi connectivity index (χ4v) is 7.00. The first-order valence-electron chi connectivity index (χ1n) is 14.8. The van der Waals surface area contributed by atoms with Crippen molar-refractivity contribution in [1.29, 1.82) is 0 Å². The summed E-state index contributed by atoms with van der Waals surface area (Å²) in [6.07, 6.45) is 1.43. The highest BCUT2D eigenvalue weighted by Crippen LogP contribution is 2.36. The highest BCUT2D eigenvalue weighted by molar-refractivity contribution is 8.06. The number of hydrogen-bond acceptors (Lipinski definition) is 6. The number of aromatic nitrogens is 3. The maximum Gasteiger partial charge on any atom is 0.297 e. The molecule has 0 atom stereocenters. The summed E-state index contributed by atoms with van der Waals surface area (Å²) in [7, 11) is -4.55. The number of hydrogen-bond donors (Lipinski definition) is 2. The molecule has 0 bridgehead atoms. The molecule has 3 N–H and O–H groups in total. The number of rotatable bonds is 7. The number of carbonyl (C=O) groups is 1. The molecule has 238 valence electrons. The summed E-state index contributed by atoms with van der Waals surface area (Å²) in [5, 5.41) is 4.04. The van der Waals surface area contributed by atoms with Gasteiger partial charge in [0.15, 0.2) is 11.6 Å². The van der Waals surface area contributed by atoms with Gasteiger partial charge in [-0.25, -0.2) is 17.5 Å². The smallest absolute Gasteiger partial charge is 0.297 e. The van der Waals surface area contributed by atoms with Crippen molar-refractivity contribution in [1.82, 2.24) is 14.8 Å². The van der Waals surface area contributed by atoms with Gasteiger partial charge in [0.1, 0.15) is 11.6 Å². The van der Waals surface area contributed by atoms with E-state index in [1.807, 2.05) is 42.5 Å². The molecule has 7 aromatic rings. The van der Waals surface area contributed by atoms with Gasteiger partial charge in [-0.15, -0.1) is 0 Å². The SMILES string of the molecule is Cc1cc(Oc2cccc(F)c2F)ccc1-n1ncc(-c2ccccc2S(=O)(=O)C(=O)c2cc3c(-c4ccccc4)cccc3[nH]2)c1N. The summed E-state index contributed by atoms with van der Waals surface area (Å²) in [4.78, 5) is 16.5. The van der Waals surface area contributed by atoms with Crippen LogP contribution in [0.5, 0.6) is 11.5 Å². The number of sulfone groups is 1. The van der Waals surface area contributed by atoms with Crippen LogP contribution < -0.4 is 10.5 Å². The van der Waals surface area contributed by atoms with E-state index in [1.165, 1.54) is 35.1 Å². The number of nitrogen functional groups attached to an aromatic ring is 1. The first-order valence-corrected chi connectivity index (χ1v) is 16.2. The number of nitrogens with two attached hydrogens (primary N) is 1. The summed E-state index contributed by atoms with van der Waals surface area (Å²) < 4.78 is 62.6. The summed E-state index contributed by atoms with van der Waals surface area (Å²) in [6.45, 7) is 1.76. The number of benzene rings is 5. The maximum atomic E-state index is 14.1. The standard InChI is InChI=1S/C37H26F2N4O4S/c1-22-19-24(47-33-15-8-13-29(38)35(33)39)17-18-32(22)43-36(40)28(21-41-43)26-11-5-6-16-34(26)48(45,46)37(44)31-20-27-25(12-7-14-30(27)42-31)23-9-3-2-4-10-23/h2-21,42H,40H2,1H3. The number of halogens is 2. The van der Waals surface area contributed by atoms with E-state index in [0.29, 0.717) is 27.7 Å². The Hall–Kier alpha value is -6.07. The molecule has 0 saturated carbocycles. The molecule has 0 aliphatic carbocycles. The first kappa shape index (κ1) is 30.6. The summed E-state index contributed by atoms with van der Waals surface area (Å²) >= 11 is 0. The van der Waals surface area contributed by atoms with Crippen LogP contribution in [0.1, 0.15) is 16.1 Å². The molecule has 5 aromatic carbocycles. The molecule has 2 aromatic heterocycles. The molecule has 0 radical (unpaired) electrons. The van der Waals surface area contributed by atoms with E-state index < -0.39 is 26.6 Å². The van der Waals surface area contributed by atoms with E-state index in [2.05, 4.69) is 10.1 Å². The van der Waals surface area contributed by atoms with Crippen LogP contribution in [0.4, 0.5) is 14.6 Å². The lowest BCUT2D eigenvalue weighted by Gasteiger charge is -2.13. The monoisotopic (exact) mass is 660 g/mol. The molecule has 2 heterocycles. The molecule has 0 aliphatic rings. The molecule has 0 unspecified atom stereocenters. The van der Waals surface area contributed by atoms with Gasteiger partial charge in [0.25, 0.3) is 5.12 Å². The Labute approximate surface area is 274 Å². The Morgan fingerprint density at radius 2 is 1.56 bits per heavy atom. The van der Waals surface area contributed by atoms with Crippen LogP contribution >= 0.6 is 0 Å². The van der Waals surface area contributed by atoms with E-state index in [4.69, 9.17) is 10.5 Å². The topological polar surface area (TPSA) is 120 Å². The highest BCUT2D eigenvalue weighted by Gasteiger charge is 2.31. The second-order valence-corrected chi connectivity index (χ2v) is 12.9. The van der Waals surface area contributed by atoms with Crippen LogP contribution in [0.25, 0.3) is 38.8 Å². The van der Waals surface area contributed by atoms with Crippen molar-refractivity contribution in [3.05, 3.63) is 144 Å². The number of anilines is 1. The number of ether oxygens (including phenoxy) is 1. The average molecular weight is 661 g/mol. The minimum Gasteiger partial charge on any atom is -0.454 e. The Bertz CT molecular complexity index is 2470. The molecule has 0 fully saturated rings. The molecule has 0 amide bonds. The quantitative estimate of drug-likeness (QED) is 0.178. The van der Waals surface area contributed by atoms with E-state index in [0.717, 1.165) is 17.2 Å². The number of aryl methyl sites for hydroxylation is 1. The lowest BCUT2D eigenvalue weighted by atomic mass is 10.0. The number of nitrogens with one attached hydrogen (secondary N) is 1. The zero-order valence-corrected chi connectivity index (χ0v) is 26.1. The molecule has 48 heavy (non-hydrogen) atoms. The van der Waals surface area contributed by atoms with Crippen LogP contribution in [0.3, 0.4) is 0 Å². The van der Waals surface area contributed by atoms with Gasteiger partial charge in [-0.3, -0.25) is 4.79 Å². The highest BCUT2D eigenvalue weighted by atomic mass is 32.2. The zero-order chi connectivity index (χ0) is 33.6. The number of carbonyl (C=O) groups excluding carboxylic acids is 1. The number of fused-ring (bicyclic) bond motifs is 1. The van der Waals surface area contributed by atoms with Crippen LogP contribution in [0.2, 0.25) is 0 Å². The Balaban J connectivity index is 1.22. The van der Waals surface area contributed by atoms with Crippen molar-refractivity contribution in [3.63, 3.8) is 0 Å². The second-order valence-electron chi connectivity index (χ2n) is 11.1. The third-order valence-corrected chi connectivity index (χ3v) is 9.67. The number of nitrogens with zero attached hydrogens (tertiary/aromatic N) is 2. The van der Waals surface area contributed by atoms with Crippen molar-refractivity contribution in [2.45, 2.75) is 11.8 Å². The largest absolute Gasteiger partial charge is 0.454 e. The van der Waals surface area contributed by atoms with E-state index >= 15 is 0 Å². The molecular formula is C37H26F2N4O4S. The van der Waals surface area contributed by atoms with Gasteiger partial charge in [-0.2, -0.15) is 9.49 Å². The Morgan fingerprint density at radius 1 is 0.833 bits per heavy atom. The normalized spacial score (nSPS) is 11.6. The van der Waals surface area contributed by atoms with Crippen molar-refractivity contribution in [2.24, 2.45) is 0 Å². The molecule has 11 heteroatoms. The summed E-state index contributed by atoms with van der Waals surface area (Å²) in [5.74, 6) is -2.01.